The number of fused-ring (bicyclic) bond motifs is 1. The monoisotopic (exact) mass is 253 g/mol. The van der Waals surface area contributed by atoms with Crippen LogP contribution < -0.4 is 4.90 Å². The second kappa shape index (κ2) is 4.57. The van der Waals surface area contributed by atoms with Gasteiger partial charge in [-0.1, -0.05) is 31.7 Å². The highest BCUT2D eigenvalue weighted by Gasteiger charge is 2.28. The van der Waals surface area contributed by atoms with Gasteiger partial charge < -0.3 is 4.90 Å². The molecular formula is C16H19N3. The van der Waals surface area contributed by atoms with Crippen molar-refractivity contribution in [1.29, 1.82) is 0 Å². The average molecular weight is 253 g/mol. The molecule has 98 valence electrons. The van der Waals surface area contributed by atoms with E-state index in [1.54, 1.807) is 0 Å². The lowest BCUT2D eigenvalue weighted by Crippen LogP contribution is -2.32. The van der Waals surface area contributed by atoms with Gasteiger partial charge in [0, 0.05) is 23.7 Å². The average Bonchev–Trinajstić information content (AvgIpc) is 2.84. The van der Waals surface area contributed by atoms with Crippen LogP contribution in [0.4, 0.5) is 5.82 Å². The van der Waals surface area contributed by atoms with E-state index in [9.17, 15) is 0 Å². The number of rotatable bonds is 2. The van der Waals surface area contributed by atoms with E-state index in [2.05, 4.69) is 42.6 Å². The minimum Gasteiger partial charge on any atom is -0.330 e. The van der Waals surface area contributed by atoms with Crippen molar-refractivity contribution in [2.24, 2.45) is 5.92 Å². The van der Waals surface area contributed by atoms with Crippen LogP contribution in [0.3, 0.4) is 0 Å². The zero-order valence-corrected chi connectivity index (χ0v) is 11.5. The third kappa shape index (κ3) is 1.86. The molecule has 3 heteroatoms. The molecule has 1 unspecified atom stereocenters. The summed E-state index contributed by atoms with van der Waals surface area (Å²) in [5.74, 6) is 1.66. The Morgan fingerprint density at radius 3 is 2.74 bits per heavy atom. The summed E-state index contributed by atoms with van der Waals surface area (Å²) in [6.45, 7) is 9.56. The molecule has 0 amide bonds. The maximum absolute atomic E-state index is 4.57. The molecule has 19 heavy (non-hydrogen) atoms. The van der Waals surface area contributed by atoms with Crippen molar-refractivity contribution in [2.75, 3.05) is 11.4 Å². The molecule has 1 aromatic heterocycles. The van der Waals surface area contributed by atoms with Crippen LogP contribution in [0.1, 0.15) is 19.4 Å². The van der Waals surface area contributed by atoms with E-state index in [1.807, 2.05) is 29.1 Å². The first-order valence-corrected chi connectivity index (χ1v) is 6.81. The van der Waals surface area contributed by atoms with Crippen molar-refractivity contribution in [3.63, 3.8) is 0 Å². The zero-order chi connectivity index (χ0) is 13.4. The van der Waals surface area contributed by atoms with Gasteiger partial charge in [0.2, 0.25) is 0 Å². The highest BCUT2D eigenvalue weighted by atomic mass is 15.4. The number of aromatic nitrogens is 2. The van der Waals surface area contributed by atoms with E-state index < -0.39 is 0 Å². The van der Waals surface area contributed by atoms with E-state index in [1.165, 1.54) is 17.1 Å². The van der Waals surface area contributed by atoms with Crippen molar-refractivity contribution in [1.82, 2.24) is 9.78 Å². The van der Waals surface area contributed by atoms with E-state index in [4.69, 9.17) is 0 Å². The molecule has 0 radical (unpaired) electrons. The SMILES string of the molecule is C=C1C(C)Cc2cnn(-c3ccccc3)c2N1CC. The third-order valence-corrected chi connectivity index (χ3v) is 3.83. The van der Waals surface area contributed by atoms with Gasteiger partial charge in [-0.15, -0.1) is 0 Å². The molecular weight excluding hydrogens is 234 g/mol. The highest BCUT2D eigenvalue weighted by Crippen LogP contribution is 2.36. The maximum Gasteiger partial charge on any atom is 0.139 e. The number of anilines is 1. The minimum atomic E-state index is 0.487. The fourth-order valence-electron chi connectivity index (χ4n) is 2.77. The molecule has 0 N–H and O–H groups in total. The molecule has 0 saturated heterocycles. The van der Waals surface area contributed by atoms with Gasteiger partial charge in [0.25, 0.3) is 0 Å². The molecule has 1 aliphatic rings. The lowest BCUT2D eigenvalue weighted by molar-refractivity contribution is 0.612. The molecule has 2 aromatic rings. The summed E-state index contributed by atoms with van der Waals surface area (Å²) in [5, 5.41) is 4.57. The van der Waals surface area contributed by atoms with Crippen LogP contribution in [0.5, 0.6) is 0 Å². The quantitative estimate of drug-likeness (QED) is 0.818. The first-order valence-electron chi connectivity index (χ1n) is 6.81. The molecule has 0 fully saturated rings. The zero-order valence-electron chi connectivity index (χ0n) is 11.5. The number of para-hydroxylation sites is 1. The van der Waals surface area contributed by atoms with Crippen LogP contribution >= 0.6 is 0 Å². The van der Waals surface area contributed by atoms with Crippen LogP contribution in [0.15, 0.2) is 48.8 Å². The molecule has 0 saturated carbocycles. The molecule has 3 rings (SSSR count). The van der Waals surface area contributed by atoms with Crippen molar-refractivity contribution in [3.8, 4) is 5.69 Å². The Kier molecular flexibility index (Phi) is 2.90. The summed E-state index contributed by atoms with van der Waals surface area (Å²) in [6, 6.07) is 10.3. The van der Waals surface area contributed by atoms with Gasteiger partial charge >= 0.3 is 0 Å². The molecule has 1 atom stereocenters. The van der Waals surface area contributed by atoms with Crippen LogP contribution in [0, 0.1) is 5.92 Å². The summed E-state index contributed by atoms with van der Waals surface area (Å²) >= 11 is 0. The van der Waals surface area contributed by atoms with Gasteiger partial charge in [0.15, 0.2) is 0 Å². The summed E-state index contributed by atoms with van der Waals surface area (Å²) in [5.41, 5.74) is 3.60. The van der Waals surface area contributed by atoms with Gasteiger partial charge in [-0.3, -0.25) is 0 Å². The first-order chi connectivity index (χ1) is 9.22. The molecule has 1 aliphatic heterocycles. The van der Waals surface area contributed by atoms with Gasteiger partial charge in [-0.25, -0.2) is 4.68 Å². The number of allylic oxidation sites excluding steroid dienone is 1. The Balaban J connectivity index is 2.14. The lowest BCUT2D eigenvalue weighted by atomic mass is 9.95. The molecule has 0 aliphatic carbocycles. The Morgan fingerprint density at radius 2 is 2.05 bits per heavy atom. The fourth-order valence-corrected chi connectivity index (χ4v) is 2.77. The Morgan fingerprint density at radius 1 is 1.32 bits per heavy atom. The first kappa shape index (κ1) is 12.0. The summed E-state index contributed by atoms with van der Waals surface area (Å²) in [7, 11) is 0. The van der Waals surface area contributed by atoms with Crippen molar-refractivity contribution < 1.29 is 0 Å². The normalized spacial score (nSPS) is 18.5. The summed E-state index contributed by atoms with van der Waals surface area (Å²) < 4.78 is 2.02. The lowest BCUT2D eigenvalue weighted by Gasteiger charge is -2.34. The van der Waals surface area contributed by atoms with Gasteiger partial charge in [-0.05, 0) is 25.5 Å². The third-order valence-electron chi connectivity index (χ3n) is 3.83. The van der Waals surface area contributed by atoms with Gasteiger partial charge in [0.05, 0.1) is 11.9 Å². The molecule has 0 spiro atoms. The second-order valence-corrected chi connectivity index (χ2v) is 5.08. The minimum absolute atomic E-state index is 0.487. The number of nitrogens with zero attached hydrogens (tertiary/aromatic N) is 3. The van der Waals surface area contributed by atoms with E-state index in [0.717, 1.165) is 18.7 Å². The molecule has 1 aromatic carbocycles. The van der Waals surface area contributed by atoms with Crippen LogP contribution in [0.25, 0.3) is 5.69 Å². The standard InChI is InChI=1S/C16H19N3/c1-4-18-13(3)12(2)10-14-11-17-19(16(14)18)15-8-6-5-7-9-15/h5-9,11-12H,3-4,10H2,1-2H3. The smallest absolute Gasteiger partial charge is 0.139 e. The van der Waals surface area contributed by atoms with Gasteiger partial charge in [0.1, 0.15) is 5.82 Å². The highest BCUT2D eigenvalue weighted by molar-refractivity contribution is 5.59. The van der Waals surface area contributed by atoms with Crippen LogP contribution in [-0.2, 0) is 6.42 Å². The fraction of sp³-hybridized carbons (Fsp3) is 0.312. The summed E-state index contributed by atoms with van der Waals surface area (Å²) in [6.07, 6.45) is 3.02. The predicted molar refractivity (Wildman–Crippen MR) is 78.6 cm³/mol. The van der Waals surface area contributed by atoms with Gasteiger partial charge in [-0.2, -0.15) is 5.10 Å². The van der Waals surface area contributed by atoms with Crippen LogP contribution in [0.2, 0.25) is 0 Å². The second-order valence-electron chi connectivity index (χ2n) is 5.08. The van der Waals surface area contributed by atoms with Crippen molar-refractivity contribution in [2.45, 2.75) is 20.3 Å². The Hall–Kier alpha value is -2.03. The predicted octanol–water partition coefficient (Wildman–Crippen LogP) is 3.40. The Labute approximate surface area is 114 Å². The maximum atomic E-state index is 4.57. The molecule has 2 heterocycles. The number of benzene rings is 1. The van der Waals surface area contributed by atoms with Crippen LogP contribution in [-0.4, -0.2) is 16.3 Å². The Bertz CT molecular complexity index is 598. The van der Waals surface area contributed by atoms with E-state index in [-0.39, 0.29) is 0 Å². The van der Waals surface area contributed by atoms with E-state index in [0.29, 0.717) is 5.92 Å². The largest absolute Gasteiger partial charge is 0.330 e. The number of hydrogen-bond acceptors (Lipinski definition) is 2. The molecule has 0 bridgehead atoms. The molecule has 3 nitrogen and oxygen atoms in total. The van der Waals surface area contributed by atoms with Crippen molar-refractivity contribution >= 4 is 5.82 Å². The number of hydrogen-bond donors (Lipinski definition) is 0. The van der Waals surface area contributed by atoms with Crippen molar-refractivity contribution in [3.05, 3.63) is 54.4 Å². The topological polar surface area (TPSA) is 21.1 Å². The summed E-state index contributed by atoms with van der Waals surface area (Å²) in [4.78, 5) is 2.28. The van der Waals surface area contributed by atoms with E-state index >= 15 is 0 Å².